The molecule has 0 aromatic carbocycles. The minimum Gasteiger partial charge on any atom is -0.261 e. The average molecular weight is 92.1 g/mol. The average Bonchev–Trinajstić information content (AvgIpc) is 1.41. The Morgan fingerprint density at radius 2 is 2.40 bits per heavy atom. The summed E-state index contributed by atoms with van der Waals surface area (Å²) >= 11 is 0. The van der Waals surface area contributed by atoms with Crippen LogP contribution in [0.25, 0.3) is 0 Å². The van der Waals surface area contributed by atoms with Crippen molar-refractivity contribution in [2.24, 2.45) is 0 Å². The highest BCUT2D eigenvalue weighted by atomic mass is 31.0. The molecule has 3 heteroatoms. The van der Waals surface area contributed by atoms with E-state index in [9.17, 15) is 0 Å². The van der Waals surface area contributed by atoms with Gasteiger partial charge >= 0.3 is 0 Å². The van der Waals surface area contributed by atoms with Crippen molar-refractivity contribution in [1.29, 1.82) is 0 Å². The predicted molar refractivity (Wildman–Crippen MR) is 26.8 cm³/mol. The van der Waals surface area contributed by atoms with Crippen LogP contribution in [0.3, 0.4) is 0 Å². The van der Waals surface area contributed by atoms with E-state index in [0.29, 0.717) is 0 Å². The molecule has 2 nitrogen and oxygen atoms in total. The SMILES string of the molecule is CNNCP. The molecule has 0 radical (unpaired) electrons. The molecule has 0 heterocycles. The van der Waals surface area contributed by atoms with Crippen LogP contribution in [0.1, 0.15) is 0 Å². The molecule has 0 rings (SSSR count). The molecule has 0 aliphatic heterocycles. The van der Waals surface area contributed by atoms with Gasteiger partial charge in [-0.2, -0.15) is 0 Å². The van der Waals surface area contributed by atoms with Gasteiger partial charge in [0.2, 0.25) is 0 Å². The second-order valence-electron chi connectivity index (χ2n) is 0.631. The summed E-state index contributed by atoms with van der Waals surface area (Å²) in [7, 11) is 4.36. The van der Waals surface area contributed by atoms with E-state index < -0.39 is 0 Å². The second-order valence-corrected chi connectivity index (χ2v) is 1.04. The minimum atomic E-state index is 0.899. The van der Waals surface area contributed by atoms with Crippen LogP contribution in [-0.2, 0) is 0 Å². The monoisotopic (exact) mass is 92.1 g/mol. The molecule has 0 saturated heterocycles. The van der Waals surface area contributed by atoms with Crippen molar-refractivity contribution in [3.63, 3.8) is 0 Å². The van der Waals surface area contributed by atoms with Gasteiger partial charge in [0.05, 0.1) is 0 Å². The van der Waals surface area contributed by atoms with Crippen molar-refractivity contribution in [2.75, 3.05) is 13.3 Å². The zero-order valence-electron chi connectivity index (χ0n) is 3.28. The van der Waals surface area contributed by atoms with Crippen molar-refractivity contribution in [1.82, 2.24) is 10.9 Å². The van der Waals surface area contributed by atoms with Crippen molar-refractivity contribution in [3.8, 4) is 0 Å². The summed E-state index contributed by atoms with van der Waals surface area (Å²) in [5, 5.41) is 0. The minimum absolute atomic E-state index is 0.899. The molecule has 1 unspecified atom stereocenters. The summed E-state index contributed by atoms with van der Waals surface area (Å²) in [6, 6.07) is 0. The summed E-state index contributed by atoms with van der Waals surface area (Å²) in [6.45, 7) is 0. The molecule has 0 saturated carbocycles. The van der Waals surface area contributed by atoms with Gasteiger partial charge in [-0.3, -0.25) is 10.9 Å². The predicted octanol–water partition coefficient (Wildman–Crippen LogP) is -0.457. The van der Waals surface area contributed by atoms with E-state index >= 15 is 0 Å². The normalized spacial score (nSPS) is 8.40. The van der Waals surface area contributed by atoms with Gasteiger partial charge in [-0.05, 0) is 7.05 Å². The molecule has 0 aromatic heterocycles. The molecule has 5 heavy (non-hydrogen) atoms. The highest BCUT2D eigenvalue weighted by Crippen LogP contribution is 1.64. The van der Waals surface area contributed by atoms with E-state index in [-0.39, 0.29) is 0 Å². The lowest BCUT2D eigenvalue weighted by Gasteiger charge is -1.89. The second kappa shape index (κ2) is 4.35. The molecule has 1 atom stereocenters. The molecule has 0 aliphatic rings. The van der Waals surface area contributed by atoms with Crippen molar-refractivity contribution < 1.29 is 0 Å². The zero-order chi connectivity index (χ0) is 4.12. The van der Waals surface area contributed by atoms with Crippen LogP contribution in [0.4, 0.5) is 0 Å². The van der Waals surface area contributed by atoms with Gasteiger partial charge in [0.1, 0.15) is 0 Å². The van der Waals surface area contributed by atoms with Crippen LogP contribution in [0.5, 0.6) is 0 Å². The molecule has 0 fully saturated rings. The Bertz CT molecular complexity index is 15.1. The first-order chi connectivity index (χ1) is 2.41. The maximum atomic E-state index is 2.82. The smallest absolute Gasteiger partial charge is 0.0243 e. The summed E-state index contributed by atoms with van der Waals surface area (Å²) in [4.78, 5) is 0. The Kier molecular flexibility index (Phi) is 4.65. The van der Waals surface area contributed by atoms with E-state index in [1.165, 1.54) is 0 Å². The maximum absolute atomic E-state index is 2.82. The quantitative estimate of drug-likeness (QED) is 0.356. The summed E-state index contributed by atoms with van der Waals surface area (Å²) in [5.41, 5.74) is 5.57. The van der Waals surface area contributed by atoms with E-state index in [2.05, 4.69) is 20.1 Å². The lowest BCUT2D eigenvalue weighted by atomic mass is 11.4. The Labute approximate surface area is 34.5 Å². The van der Waals surface area contributed by atoms with Crippen LogP contribution in [0.15, 0.2) is 0 Å². The topological polar surface area (TPSA) is 24.1 Å². The highest BCUT2D eigenvalue weighted by Gasteiger charge is 1.59. The number of hydrogen-bond donors (Lipinski definition) is 2. The maximum Gasteiger partial charge on any atom is 0.0243 e. The van der Waals surface area contributed by atoms with Crippen LogP contribution < -0.4 is 10.9 Å². The van der Waals surface area contributed by atoms with Crippen LogP contribution >= 0.6 is 9.24 Å². The Balaban J connectivity index is 2.19. The highest BCUT2D eigenvalue weighted by molar-refractivity contribution is 7.16. The van der Waals surface area contributed by atoms with Crippen LogP contribution in [0, 0.1) is 0 Å². The molecule has 0 aromatic rings. The van der Waals surface area contributed by atoms with E-state index in [1.54, 1.807) is 0 Å². The Morgan fingerprint density at radius 3 is 2.40 bits per heavy atom. The summed E-state index contributed by atoms with van der Waals surface area (Å²) in [5.74, 6) is 0. The van der Waals surface area contributed by atoms with Gasteiger partial charge in [0.15, 0.2) is 0 Å². The fourth-order valence-electron chi connectivity index (χ4n) is 0.102. The third-order valence-electron chi connectivity index (χ3n) is 0.279. The molecule has 32 valence electrons. The third kappa shape index (κ3) is 4.35. The molecular formula is C2H9N2P. The van der Waals surface area contributed by atoms with Crippen LogP contribution in [-0.4, -0.2) is 13.3 Å². The molecule has 0 bridgehead atoms. The lowest BCUT2D eigenvalue weighted by Crippen LogP contribution is -2.25. The molecule has 0 spiro atoms. The van der Waals surface area contributed by atoms with Gasteiger partial charge in [-0.15, -0.1) is 9.24 Å². The molecule has 0 aliphatic carbocycles. The van der Waals surface area contributed by atoms with E-state index in [4.69, 9.17) is 0 Å². The fraction of sp³-hybridized carbons (Fsp3) is 1.00. The van der Waals surface area contributed by atoms with Gasteiger partial charge < -0.3 is 0 Å². The summed E-state index contributed by atoms with van der Waals surface area (Å²) < 4.78 is 0. The van der Waals surface area contributed by atoms with E-state index in [0.717, 1.165) is 6.29 Å². The van der Waals surface area contributed by atoms with Gasteiger partial charge in [-0.25, -0.2) is 0 Å². The first-order valence-corrected chi connectivity index (χ1v) is 2.33. The largest absolute Gasteiger partial charge is 0.261 e. The van der Waals surface area contributed by atoms with Gasteiger partial charge in [-0.1, -0.05) is 0 Å². The number of rotatable bonds is 2. The molecule has 2 N–H and O–H groups in total. The lowest BCUT2D eigenvalue weighted by molar-refractivity contribution is 0.673. The number of hydrogen-bond acceptors (Lipinski definition) is 2. The van der Waals surface area contributed by atoms with Crippen molar-refractivity contribution >= 4 is 9.24 Å². The Hall–Kier alpha value is 0.350. The number of hydrazine groups is 1. The van der Waals surface area contributed by atoms with Gasteiger partial charge in [0, 0.05) is 6.29 Å². The Morgan fingerprint density at radius 1 is 1.80 bits per heavy atom. The molecular weight excluding hydrogens is 83.0 g/mol. The van der Waals surface area contributed by atoms with Crippen LogP contribution in [0.2, 0.25) is 0 Å². The van der Waals surface area contributed by atoms with Gasteiger partial charge in [0.25, 0.3) is 0 Å². The standard InChI is InChI=1S/C2H9N2P/c1-3-4-2-5/h3-4H,2,5H2,1H3. The first-order valence-electron chi connectivity index (χ1n) is 1.51. The first kappa shape index (κ1) is 5.35. The summed E-state index contributed by atoms with van der Waals surface area (Å²) in [6.07, 6.45) is 0.899. The van der Waals surface area contributed by atoms with E-state index in [1.807, 2.05) is 7.05 Å². The number of nitrogens with one attached hydrogen (secondary N) is 2. The molecule has 0 amide bonds. The fourth-order valence-corrected chi connectivity index (χ4v) is 0.306. The zero-order valence-corrected chi connectivity index (χ0v) is 4.44. The third-order valence-corrected chi connectivity index (χ3v) is 0.483. The van der Waals surface area contributed by atoms with Crippen molar-refractivity contribution in [2.45, 2.75) is 0 Å². The van der Waals surface area contributed by atoms with Crippen molar-refractivity contribution in [3.05, 3.63) is 0 Å².